The number of nitrogens with zero attached hydrogens (tertiary/aromatic N) is 2. The second kappa shape index (κ2) is 5.96. The Morgan fingerprint density at radius 1 is 1.56 bits per heavy atom. The van der Waals surface area contributed by atoms with Gasteiger partial charge in [-0.3, -0.25) is 9.78 Å². The van der Waals surface area contributed by atoms with Gasteiger partial charge < -0.3 is 10.0 Å². The van der Waals surface area contributed by atoms with Crippen LogP contribution in [0.15, 0.2) is 18.3 Å². The monoisotopic (exact) mass is 248 g/mol. The molecule has 2 heterocycles. The maximum Gasteiger partial charge on any atom is 0.254 e. The van der Waals surface area contributed by atoms with E-state index in [4.69, 9.17) is 5.11 Å². The first-order chi connectivity index (χ1) is 8.72. The molecule has 1 fully saturated rings. The highest BCUT2D eigenvalue weighted by Crippen LogP contribution is 2.21. The Morgan fingerprint density at radius 3 is 3.11 bits per heavy atom. The smallest absolute Gasteiger partial charge is 0.254 e. The summed E-state index contributed by atoms with van der Waals surface area (Å²) in [6.45, 7) is 2.83. The maximum absolute atomic E-state index is 12.5. The van der Waals surface area contributed by atoms with Gasteiger partial charge in [0.1, 0.15) is 0 Å². The van der Waals surface area contributed by atoms with Crippen LogP contribution in [0.3, 0.4) is 0 Å². The minimum atomic E-state index is 0.0682. The summed E-state index contributed by atoms with van der Waals surface area (Å²) < 4.78 is 0. The zero-order chi connectivity index (χ0) is 13.0. The van der Waals surface area contributed by atoms with Gasteiger partial charge in [-0.05, 0) is 44.7 Å². The van der Waals surface area contributed by atoms with Crippen molar-refractivity contribution in [1.29, 1.82) is 0 Å². The molecule has 1 saturated heterocycles. The fraction of sp³-hybridized carbons (Fsp3) is 0.571. The highest BCUT2D eigenvalue weighted by molar-refractivity contribution is 5.94. The van der Waals surface area contributed by atoms with Crippen molar-refractivity contribution in [2.45, 2.75) is 38.6 Å². The van der Waals surface area contributed by atoms with Crippen molar-refractivity contribution < 1.29 is 9.90 Å². The molecule has 1 atom stereocenters. The van der Waals surface area contributed by atoms with E-state index in [1.165, 1.54) is 0 Å². The van der Waals surface area contributed by atoms with E-state index in [1.807, 2.05) is 17.9 Å². The van der Waals surface area contributed by atoms with Gasteiger partial charge in [-0.15, -0.1) is 0 Å². The van der Waals surface area contributed by atoms with Crippen LogP contribution in [0.25, 0.3) is 0 Å². The number of aliphatic hydroxyl groups is 1. The molecule has 0 spiro atoms. The average molecular weight is 248 g/mol. The van der Waals surface area contributed by atoms with Gasteiger partial charge in [-0.2, -0.15) is 0 Å². The van der Waals surface area contributed by atoms with Crippen LogP contribution < -0.4 is 0 Å². The van der Waals surface area contributed by atoms with Crippen molar-refractivity contribution in [3.05, 3.63) is 29.6 Å². The van der Waals surface area contributed by atoms with Crippen LogP contribution in [0, 0.1) is 6.92 Å². The molecule has 4 heteroatoms. The Kier molecular flexibility index (Phi) is 4.31. The van der Waals surface area contributed by atoms with Crippen molar-refractivity contribution in [3.63, 3.8) is 0 Å². The lowest BCUT2D eigenvalue weighted by molar-refractivity contribution is 0.0574. The number of piperidine rings is 1. The number of pyridine rings is 1. The first-order valence-electron chi connectivity index (χ1n) is 6.57. The average Bonchev–Trinajstić information content (AvgIpc) is 2.39. The number of hydrogen-bond donors (Lipinski definition) is 1. The standard InChI is InChI=1S/C14H20N2O2/c1-11-10-12(5-7-15-11)14(18)16-8-3-2-4-13(16)6-9-17/h5,7,10,13,17H,2-4,6,8-9H2,1H3. The zero-order valence-electron chi connectivity index (χ0n) is 10.8. The summed E-state index contributed by atoms with van der Waals surface area (Å²) in [6.07, 6.45) is 5.54. The lowest BCUT2D eigenvalue weighted by Gasteiger charge is -2.35. The molecule has 1 unspecified atom stereocenters. The molecule has 1 amide bonds. The third kappa shape index (κ3) is 2.88. The van der Waals surface area contributed by atoms with Crippen LogP contribution >= 0.6 is 0 Å². The number of amides is 1. The highest BCUT2D eigenvalue weighted by Gasteiger charge is 2.26. The highest BCUT2D eigenvalue weighted by atomic mass is 16.3. The second-order valence-corrected chi connectivity index (χ2v) is 4.85. The van der Waals surface area contributed by atoms with Gasteiger partial charge in [-0.25, -0.2) is 0 Å². The van der Waals surface area contributed by atoms with Crippen LogP contribution in [-0.2, 0) is 0 Å². The van der Waals surface area contributed by atoms with E-state index >= 15 is 0 Å². The molecule has 0 bridgehead atoms. The molecule has 0 aliphatic carbocycles. The minimum Gasteiger partial charge on any atom is -0.396 e. The van der Waals surface area contributed by atoms with Crippen molar-refractivity contribution in [1.82, 2.24) is 9.88 Å². The molecule has 0 aromatic carbocycles. The zero-order valence-corrected chi connectivity index (χ0v) is 10.8. The Morgan fingerprint density at radius 2 is 2.39 bits per heavy atom. The van der Waals surface area contributed by atoms with E-state index in [2.05, 4.69) is 4.98 Å². The molecule has 1 aromatic heterocycles. The van der Waals surface area contributed by atoms with Gasteiger partial charge in [0.05, 0.1) is 0 Å². The summed E-state index contributed by atoms with van der Waals surface area (Å²) in [5.74, 6) is 0.0682. The molecular formula is C14H20N2O2. The molecule has 1 aliphatic rings. The molecule has 0 radical (unpaired) electrons. The summed E-state index contributed by atoms with van der Waals surface area (Å²) in [4.78, 5) is 18.5. The number of hydrogen-bond acceptors (Lipinski definition) is 3. The van der Waals surface area contributed by atoms with E-state index in [1.54, 1.807) is 12.3 Å². The Hall–Kier alpha value is -1.42. The molecule has 1 N–H and O–H groups in total. The van der Waals surface area contributed by atoms with Crippen molar-refractivity contribution in [3.8, 4) is 0 Å². The summed E-state index contributed by atoms with van der Waals surface area (Å²) in [6, 6.07) is 3.78. The number of carbonyl (C=O) groups is 1. The van der Waals surface area contributed by atoms with Crippen molar-refractivity contribution in [2.24, 2.45) is 0 Å². The van der Waals surface area contributed by atoms with E-state index in [9.17, 15) is 4.79 Å². The minimum absolute atomic E-state index is 0.0682. The SMILES string of the molecule is Cc1cc(C(=O)N2CCCCC2CCO)ccn1. The van der Waals surface area contributed by atoms with Crippen LogP contribution in [0.5, 0.6) is 0 Å². The summed E-state index contributed by atoms with van der Waals surface area (Å²) in [7, 11) is 0. The van der Waals surface area contributed by atoms with Crippen LogP contribution in [0.1, 0.15) is 41.7 Å². The fourth-order valence-electron chi connectivity index (χ4n) is 2.56. The molecule has 1 aliphatic heterocycles. The number of aliphatic hydroxyl groups excluding tert-OH is 1. The molecule has 98 valence electrons. The van der Waals surface area contributed by atoms with Gasteiger partial charge >= 0.3 is 0 Å². The molecule has 2 rings (SSSR count). The van der Waals surface area contributed by atoms with E-state index in [0.29, 0.717) is 12.0 Å². The fourth-order valence-corrected chi connectivity index (χ4v) is 2.56. The molecular weight excluding hydrogens is 228 g/mol. The molecule has 4 nitrogen and oxygen atoms in total. The second-order valence-electron chi connectivity index (χ2n) is 4.85. The third-order valence-corrected chi connectivity index (χ3v) is 3.49. The summed E-state index contributed by atoms with van der Waals surface area (Å²) >= 11 is 0. The molecule has 1 aromatic rings. The third-order valence-electron chi connectivity index (χ3n) is 3.49. The van der Waals surface area contributed by atoms with E-state index in [-0.39, 0.29) is 18.6 Å². The van der Waals surface area contributed by atoms with Crippen LogP contribution in [-0.4, -0.2) is 40.1 Å². The molecule has 18 heavy (non-hydrogen) atoms. The van der Waals surface area contributed by atoms with Crippen molar-refractivity contribution in [2.75, 3.05) is 13.2 Å². The summed E-state index contributed by atoms with van der Waals surface area (Å²) in [5, 5.41) is 9.08. The topological polar surface area (TPSA) is 53.4 Å². The predicted octanol–water partition coefficient (Wildman–Crippen LogP) is 1.77. The Labute approximate surface area is 108 Å². The first-order valence-corrected chi connectivity index (χ1v) is 6.57. The normalized spacial score (nSPS) is 19.9. The number of aromatic nitrogens is 1. The van der Waals surface area contributed by atoms with Gasteiger partial charge in [-0.1, -0.05) is 0 Å². The van der Waals surface area contributed by atoms with Gasteiger partial charge in [0.25, 0.3) is 5.91 Å². The lowest BCUT2D eigenvalue weighted by Crippen LogP contribution is -2.44. The van der Waals surface area contributed by atoms with E-state index < -0.39 is 0 Å². The summed E-state index contributed by atoms with van der Waals surface area (Å²) in [5.41, 5.74) is 1.56. The van der Waals surface area contributed by atoms with Crippen LogP contribution in [0.2, 0.25) is 0 Å². The number of aryl methyl sites for hydroxylation is 1. The number of carbonyl (C=O) groups excluding carboxylic acids is 1. The van der Waals surface area contributed by atoms with Crippen LogP contribution in [0.4, 0.5) is 0 Å². The number of likely N-dealkylation sites (tertiary alicyclic amines) is 1. The number of rotatable bonds is 3. The molecule has 0 saturated carbocycles. The largest absolute Gasteiger partial charge is 0.396 e. The lowest BCUT2D eigenvalue weighted by atomic mass is 9.98. The quantitative estimate of drug-likeness (QED) is 0.887. The van der Waals surface area contributed by atoms with Gasteiger partial charge in [0.15, 0.2) is 0 Å². The first kappa shape index (κ1) is 13.0. The van der Waals surface area contributed by atoms with Gasteiger partial charge in [0.2, 0.25) is 0 Å². The Bertz CT molecular complexity index is 418. The Balaban J connectivity index is 2.15. The maximum atomic E-state index is 12.5. The van der Waals surface area contributed by atoms with E-state index in [0.717, 1.165) is 31.5 Å². The van der Waals surface area contributed by atoms with Gasteiger partial charge in [0, 0.05) is 36.6 Å². The van der Waals surface area contributed by atoms with Crippen molar-refractivity contribution >= 4 is 5.91 Å². The predicted molar refractivity (Wildman–Crippen MR) is 69.4 cm³/mol.